The predicted octanol–water partition coefficient (Wildman–Crippen LogP) is 2.69. The second-order valence-corrected chi connectivity index (χ2v) is 4.73. The first-order valence-electron chi connectivity index (χ1n) is 3.50. The zero-order valence-corrected chi connectivity index (χ0v) is 9.00. The summed E-state index contributed by atoms with van der Waals surface area (Å²) in [6.45, 7) is 4.37. The zero-order chi connectivity index (χ0) is 8.43. The molecule has 62 valence electrons. The molecule has 1 aromatic rings. The molecule has 0 aromatic carbocycles. The van der Waals surface area contributed by atoms with E-state index in [1.807, 2.05) is 0 Å². The second kappa shape index (κ2) is 3.54. The van der Waals surface area contributed by atoms with Gasteiger partial charge < -0.3 is 5.73 Å². The molecule has 0 aliphatic carbocycles. The van der Waals surface area contributed by atoms with Crippen molar-refractivity contribution >= 4 is 32.4 Å². The first-order valence-corrected chi connectivity index (χ1v) is 5.11. The molecule has 0 spiro atoms. The van der Waals surface area contributed by atoms with Crippen LogP contribution in [0.25, 0.3) is 0 Å². The zero-order valence-electron chi connectivity index (χ0n) is 6.60. The van der Waals surface area contributed by atoms with Crippen LogP contribution in [-0.4, -0.2) is 4.98 Å². The lowest BCUT2D eigenvalue weighted by Crippen LogP contribution is -1.91. The maximum absolute atomic E-state index is 5.53. The first-order chi connectivity index (χ1) is 5.09. The third kappa shape index (κ3) is 2.45. The van der Waals surface area contributed by atoms with E-state index in [0.29, 0.717) is 11.0 Å². The summed E-state index contributed by atoms with van der Waals surface area (Å²) in [4.78, 5) is 5.32. The Labute approximate surface area is 79.0 Å². The number of nitrogen functional groups attached to an aromatic ring is 1. The summed E-state index contributed by atoms with van der Waals surface area (Å²) < 4.78 is 0.911. The van der Waals surface area contributed by atoms with E-state index in [9.17, 15) is 0 Å². The van der Waals surface area contributed by atoms with E-state index in [0.717, 1.165) is 11.0 Å². The maximum Gasteiger partial charge on any atom is 0.181 e. The standard InChI is InChI=1S/C7H11BrN2S/c1-4(2)3-5-6(8)10-7(9)11-5/h4H,3H2,1-2H3,(H2,9,10). The van der Waals surface area contributed by atoms with Crippen molar-refractivity contribution in [3.05, 3.63) is 9.48 Å². The summed E-state index contributed by atoms with van der Waals surface area (Å²) in [7, 11) is 0. The van der Waals surface area contributed by atoms with Crippen LogP contribution in [0.15, 0.2) is 4.60 Å². The number of aromatic nitrogens is 1. The van der Waals surface area contributed by atoms with Gasteiger partial charge in [0.1, 0.15) is 4.60 Å². The van der Waals surface area contributed by atoms with E-state index in [1.165, 1.54) is 4.88 Å². The van der Waals surface area contributed by atoms with Crippen LogP contribution in [0.5, 0.6) is 0 Å². The quantitative estimate of drug-likeness (QED) is 0.855. The SMILES string of the molecule is CC(C)Cc1sc(N)nc1Br. The number of halogens is 1. The lowest BCUT2D eigenvalue weighted by atomic mass is 10.1. The van der Waals surface area contributed by atoms with Crippen molar-refractivity contribution in [2.24, 2.45) is 5.92 Å². The van der Waals surface area contributed by atoms with Gasteiger partial charge in [-0.3, -0.25) is 0 Å². The van der Waals surface area contributed by atoms with E-state index in [1.54, 1.807) is 11.3 Å². The van der Waals surface area contributed by atoms with Crippen LogP contribution in [0.4, 0.5) is 5.13 Å². The predicted molar refractivity (Wildman–Crippen MR) is 52.8 cm³/mol. The minimum Gasteiger partial charge on any atom is -0.375 e. The third-order valence-electron chi connectivity index (χ3n) is 1.26. The highest BCUT2D eigenvalue weighted by Gasteiger charge is 2.07. The first kappa shape index (κ1) is 9.00. The van der Waals surface area contributed by atoms with Crippen LogP contribution in [0.1, 0.15) is 18.7 Å². The average molecular weight is 235 g/mol. The van der Waals surface area contributed by atoms with Crippen molar-refractivity contribution in [3.63, 3.8) is 0 Å². The van der Waals surface area contributed by atoms with Crippen LogP contribution in [0.2, 0.25) is 0 Å². The number of thiazole rings is 1. The number of nitrogens with two attached hydrogens (primary N) is 1. The number of rotatable bonds is 2. The molecule has 4 heteroatoms. The fourth-order valence-electron chi connectivity index (χ4n) is 0.847. The Balaban J connectivity index is 2.77. The molecular formula is C7H11BrN2S. The van der Waals surface area contributed by atoms with E-state index in [2.05, 4.69) is 34.8 Å². The molecule has 1 aromatic heterocycles. The van der Waals surface area contributed by atoms with Crippen LogP contribution in [0, 0.1) is 5.92 Å². The Bertz CT molecular complexity index is 245. The van der Waals surface area contributed by atoms with Gasteiger partial charge in [-0.05, 0) is 28.3 Å². The number of anilines is 1. The summed E-state index contributed by atoms with van der Waals surface area (Å²) in [5, 5.41) is 0.646. The number of nitrogens with zero attached hydrogens (tertiary/aromatic N) is 1. The van der Waals surface area contributed by atoms with E-state index >= 15 is 0 Å². The summed E-state index contributed by atoms with van der Waals surface area (Å²) >= 11 is 4.93. The molecule has 0 amide bonds. The second-order valence-electron chi connectivity index (χ2n) is 2.86. The van der Waals surface area contributed by atoms with Gasteiger partial charge in [-0.15, -0.1) is 11.3 Å². The van der Waals surface area contributed by atoms with Gasteiger partial charge >= 0.3 is 0 Å². The molecule has 0 bridgehead atoms. The molecular weight excluding hydrogens is 224 g/mol. The molecule has 0 fully saturated rings. The third-order valence-corrected chi connectivity index (χ3v) is 3.09. The van der Waals surface area contributed by atoms with Gasteiger partial charge in [-0.25, -0.2) is 4.98 Å². The minimum absolute atomic E-state index is 0.646. The average Bonchev–Trinajstić information content (AvgIpc) is 2.09. The van der Waals surface area contributed by atoms with E-state index < -0.39 is 0 Å². The van der Waals surface area contributed by atoms with Crippen LogP contribution < -0.4 is 5.73 Å². The highest BCUT2D eigenvalue weighted by atomic mass is 79.9. The molecule has 0 aliphatic heterocycles. The topological polar surface area (TPSA) is 38.9 Å². The molecule has 0 aliphatic rings. The Morgan fingerprint density at radius 3 is 2.64 bits per heavy atom. The van der Waals surface area contributed by atoms with Crippen molar-refractivity contribution in [1.29, 1.82) is 0 Å². The van der Waals surface area contributed by atoms with Crippen LogP contribution >= 0.6 is 27.3 Å². The van der Waals surface area contributed by atoms with Gasteiger partial charge in [-0.2, -0.15) is 0 Å². The normalized spacial score (nSPS) is 10.9. The van der Waals surface area contributed by atoms with E-state index in [-0.39, 0.29) is 0 Å². The van der Waals surface area contributed by atoms with Gasteiger partial charge in [0, 0.05) is 4.88 Å². The Morgan fingerprint density at radius 1 is 1.64 bits per heavy atom. The highest BCUT2D eigenvalue weighted by molar-refractivity contribution is 9.10. The lowest BCUT2D eigenvalue weighted by Gasteiger charge is -1.99. The van der Waals surface area contributed by atoms with Crippen LogP contribution in [0.3, 0.4) is 0 Å². The molecule has 1 heterocycles. The van der Waals surface area contributed by atoms with Crippen molar-refractivity contribution in [2.45, 2.75) is 20.3 Å². The van der Waals surface area contributed by atoms with E-state index in [4.69, 9.17) is 5.73 Å². The highest BCUT2D eigenvalue weighted by Crippen LogP contribution is 2.27. The van der Waals surface area contributed by atoms with Gasteiger partial charge in [0.05, 0.1) is 0 Å². The fraction of sp³-hybridized carbons (Fsp3) is 0.571. The van der Waals surface area contributed by atoms with Gasteiger partial charge in [0.2, 0.25) is 0 Å². The monoisotopic (exact) mass is 234 g/mol. The van der Waals surface area contributed by atoms with Crippen molar-refractivity contribution in [3.8, 4) is 0 Å². The summed E-state index contributed by atoms with van der Waals surface area (Å²) in [5.74, 6) is 0.658. The largest absolute Gasteiger partial charge is 0.375 e. The summed E-state index contributed by atoms with van der Waals surface area (Å²) in [6.07, 6.45) is 1.05. The fourth-order valence-corrected chi connectivity index (χ4v) is 2.50. The molecule has 1 rings (SSSR count). The Morgan fingerprint density at radius 2 is 2.27 bits per heavy atom. The molecule has 0 atom stereocenters. The maximum atomic E-state index is 5.53. The summed E-state index contributed by atoms with van der Waals surface area (Å²) in [6, 6.07) is 0. The number of hydrogen-bond acceptors (Lipinski definition) is 3. The van der Waals surface area contributed by atoms with Crippen molar-refractivity contribution in [1.82, 2.24) is 4.98 Å². The van der Waals surface area contributed by atoms with Crippen molar-refractivity contribution in [2.75, 3.05) is 5.73 Å². The van der Waals surface area contributed by atoms with Gasteiger partial charge in [0.15, 0.2) is 5.13 Å². The Kier molecular flexibility index (Phi) is 2.90. The Hall–Kier alpha value is -0.0900. The molecule has 2 nitrogen and oxygen atoms in total. The van der Waals surface area contributed by atoms with Gasteiger partial charge in [0.25, 0.3) is 0 Å². The molecule has 0 radical (unpaired) electrons. The minimum atomic E-state index is 0.646. The van der Waals surface area contributed by atoms with Gasteiger partial charge in [-0.1, -0.05) is 13.8 Å². The molecule has 0 unspecified atom stereocenters. The lowest BCUT2D eigenvalue weighted by molar-refractivity contribution is 0.651. The van der Waals surface area contributed by atoms with Crippen molar-refractivity contribution < 1.29 is 0 Å². The number of hydrogen-bond donors (Lipinski definition) is 1. The summed E-state index contributed by atoms with van der Waals surface area (Å²) in [5.41, 5.74) is 5.53. The smallest absolute Gasteiger partial charge is 0.181 e. The molecule has 2 N–H and O–H groups in total. The molecule has 0 saturated heterocycles. The molecule has 0 saturated carbocycles. The molecule has 11 heavy (non-hydrogen) atoms. The van der Waals surface area contributed by atoms with Crippen LogP contribution in [-0.2, 0) is 6.42 Å².